The van der Waals surface area contributed by atoms with Gasteiger partial charge in [0.15, 0.2) is 0 Å². The molecule has 0 amide bonds. The van der Waals surface area contributed by atoms with Gasteiger partial charge in [0.25, 0.3) is 0 Å². The van der Waals surface area contributed by atoms with Gasteiger partial charge in [0.2, 0.25) is 0 Å². The van der Waals surface area contributed by atoms with Gasteiger partial charge in [0.05, 0.1) is 12.2 Å². The summed E-state index contributed by atoms with van der Waals surface area (Å²) < 4.78 is 6.09. The summed E-state index contributed by atoms with van der Waals surface area (Å²) >= 11 is 0. The highest BCUT2D eigenvalue weighted by Gasteiger charge is 2.26. The zero-order valence-corrected chi connectivity index (χ0v) is 12.1. The molecule has 1 aliphatic carbocycles. The van der Waals surface area contributed by atoms with Crippen LogP contribution in [0.4, 0.5) is 0 Å². The van der Waals surface area contributed by atoms with E-state index in [2.05, 4.69) is 39.0 Å². The third-order valence-corrected chi connectivity index (χ3v) is 3.62. The standard InChI is InChI=1S/C16H28O2/c1-4-6-15(7-5-2)13-18-16(3)10-8-14(12-17)9-11-16/h6,8,10,14,17H,4-5,7,9,11-13H2,1-3H3/b15-6+. The summed E-state index contributed by atoms with van der Waals surface area (Å²) in [7, 11) is 0. The van der Waals surface area contributed by atoms with E-state index in [0.717, 1.165) is 32.3 Å². The van der Waals surface area contributed by atoms with E-state index in [-0.39, 0.29) is 12.2 Å². The molecule has 0 fully saturated rings. The Morgan fingerprint density at radius 3 is 2.78 bits per heavy atom. The van der Waals surface area contributed by atoms with Crippen molar-refractivity contribution in [2.75, 3.05) is 13.2 Å². The number of aliphatic hydroxyl groups is 1. The van der Waals surface area contributed by atoms with Crippen molar-refractivity contribution in [3.05, 3.63) is 23.8 Å². The highest BCUT2D eigenvalue weighted by atomic mass is 16.5. The molecular weight excluding hydrogens is 224 g/mol. The maximum atomic E-state index is 9.12. The first-order chi connectivity index (χ1) is 8.63. The molecule has 2 heteroatoms. The summed E-state index contributed by atoms with van der Waals surface area (Å²) in [4.78, 5) is 0. The van der Waals surface area contributed by atoms with Crippen LogP contribution in [0.5, 0.6) is 0 Å². The van der Waals surface area contributed by atoms with Gasteiger partial charge in [-0.05, 0) is 38.2 Å². The Hall–Kier alpha value is -0.600. The van der Waals surface area contributed by atoms with Crippen molar-refractivity contribution in [2.24, 2.45) is 5.92 Å². The molecule has 0 spiro atoms. The maximum absolute atomic E-state index is 9.12. The van der Waals surface area contributed by atoms with E-state index in [1.54, 1.807) is 0 Å². The second kappa shape index (κ2) is 7.75. The van der Waals surface area contributed by atoms with Gasteiger partial charge in [-0.25, -0.2) is 0 Å². The Morgan fingerprint density at radius 1 is 1.50 bits per heavy atom. The fourth-order valence-electron chi connectivity index (χ4n) is 2.36. The van der Waals surface area contributed by atoms with Crippen LogP contribution in [0.25, 0.3) is 0 Å². The molecule has 0 aromatic carbocycles. The van der Waals surface area contributed by atoms with Gasteiger partial charge in [-0.15, -0.1) is 0 Å². The normalized spacial score (nSPS) is 28.7. The van der Waals surface area contributed by atoms with E-state index < -0.39 is 0 Å². The SMILES string of the molecule is CC/C=C(\CCC)COC1(C)C=CC(CO)CC1. The van der Waals surface area contributed by atoms with Crippen LogP contribution in [0.15, 0.2) is 23.8 Å². The Morgan fingerprint density at radius 2 is 2.28 bits per heavy atom. The summed E-state index contributed by atoms with van der Waals surface area (Å²) in [6, 6.07) is 0. The van der Waals surface area contributed by atoms with Gasteiger partial charge < -0.3 is 9.84 Å². The molecule has 0 heterocycles. The smallest absolute Gasteiger partial charge is 0.0839 e. The predicted octanol–water partition coefficient (Wildman–Crippen LogP) is 3.86. The Bertz CT molecular complexity index is 293. The number of hydrogen-bond donors (Lipinski definition) is 1. The molecule has 0 aliphatic heterocycles. The van der Waals surface area contributed by atoms with Crippen molar-refractivity contribution in [1.29, 1.82) is 0 Å². The summed E-state index contributed by atoms with van der Waals surface area (Å²) in [6.45, 7) is 7.52. The van der Waals surface area contributed by atoms with Crippen LogP contribution >= 0.6 is 0 Å². The highest BCUT2D eigenvalue weighted by Crippen LogP contribution is 2.29. The molecule has 1 rings (SSSR count). The number of allylic oxidation sites excluding steroid dienone is 1. The Kier molecular flexibility index (Phi) is 6.66. The minimum Gasteiger partial charge on any atom is -0.396 e. The molecule has 2 atom stereocenters. The van der Waals surface area contributed by atoms with Gasteiger partial charge in [-0.3, -0.25) is 0 Å². The van der Waals surface area contributed by atoms with Crippen LogP contribution in [0, 0.1) is 5.92 Å². The lowest BCUT2D eigenvalue weighted by Gasteiger charge is -2.32. The third kappa shape index (κ3) is 4.95. The van der Waals surface area contributed by atoms with Crippen molar-refractivity contribution in [2.45, 2.75) is 58.5 Å². The fraction of sp³-hybridized carbons (Fsp3) is 0.750. The average molecular weight is 252 g/mol. The van der Waals surface area contributed by atoms with Gasteiger partial charge >= 0.3 is 0 Å². The van der Waals surface area contributed by atoms with Crippen molar-refractivity contribution in [3.63, 3.8) is 0 Å². The third-order valence-electron chi connectivity index (χ3n) is 3.62. The second-order valence-electron chi connectivity index (χ2n) is 5.46. The molecule has 0 aromatic rings. The van der Waals surface area contributed by atoms with Crippen molar-refractivity contribution in [3.8, 4) is 0 Å². The van der Waals surface area contributed by atoms with Crippen LogP contribution in [-0.4, -0.2) is 23.9 Å². The molecule has 0 aromatic heterocycles. The average Bonchev–Trinajstić information content (AvgIpc) is 2.38. The summed E-state index contributed by atoms with van der Waals surface area (Å²) in [6.07, 6.45) is 11.9. The first kappa shape index (κ1) is 15.5. The topological polar surface area (TPSA) is 29.5 Å². The lowest BCUT2D eigenvalue weighted by atomic mass is 9.86. The lowest BCUT2D eigenvalue weighted by molar-refractivity contribution is 0.00172. The van der Waals surface area contributed by atoms with E-state index >= 15 is 0 Å². The van der Waals surface area contributed by atoms with Gasteiger partial charge in [-0.2, -0.15) is 0 Å². The van der Waals surface area contributed by atoms with Crippen LogP contribution < -0.4 is 0 Å². The molecular formula is C16H28O2. The molecule has 1 aliphatic rings. The van der Waals surface area contributed by atoms with E-state index in [4.69, 9.17) is 9.84 Å². The fourth-order valence-corrected chi connectivity index (χ4v) is 2.36. The molecule has 2 unspecified atom stereocenters. The van der Waals surface area contributed by atoms with E-state index in [1.165, 1.54) is 12.0 Å². The van der Waals surface area contributed by atoms with Crippen LogP contribution in [0.1, 0.15) is 52.9 Å². The number of hydrogen-bond acceptors (Lipinski definition) is 2. The van der Waals surface area contributed by atoms with Crippen LogP contribution in [-0.2, 0) is 4.74 Å². The van der Waals surface area contributed by atoms with Crippen molar-refractivity contribution >= 4 is 0 Å². The van der Waals surface area contributed by atoms with Crippen molar-refractivity contribution in [1.82, 2.24) is 0 Å². The van der Waals surface area contributed by atoms with Gasteiger partial charge in [0, 0.05) is 12.5 Å². The maximum Gasteiger partial charge on any atom is 0.0839 e. The number of aliphatic hydroxyl groups excluding tert-OH is 1. The monoisotopic (exact) mass is 252 g/mol. The quantitative estimate of drug-likeness (QED) is 0.697. The van der Waals surface area contributed by atoms with Crippen LogP contribution in [0.3, 0.4) is 0 Å². The molecule has 2 nitrogen and oxygen atoms in total. The first-order valence-electron chi connectivity index (χ1n) is 7.25. The molecule has 0 saturated heterocycles. The largest absolute Gasteiger partial charge is 0.396 e. The predicted molar refractivity (Wildman–Crippen MR) is 76.6 cm³/mol. The minimum atomic E-state index is -0.147. The molecule has 0 saturated carbocycles. The summed E-state index contributed by atoms with van der Waals surface area (Å²) in [5, 5.41) is 9.12. The Labute approximate surface area is 112 Å². The highest BCUT2D eigenvalue weighted by molar-refractivity contribution is 5.09. The van der Waals surface area contributed by atoms with Gasteiger partial charge in [-0.1, -0.05) is 38.5 Å². The lowest BCUT2D eigenvalue weighted by Crippen LogP contribution is -2.31. The molecule has 0 radical (unpaired) electrons. The van der Waals surface area contributed by atoms with Gasteiger partial charge in [0.1, 0.15) is 0 Å². The minimum absolute atomic E-state index is 0.147. The van der Waals surface area contributed by atoms with Crippen LogP contribution in [0.2, 0.25) is 0 Å². The van der Waals surface area contributed by atoms with E-state index in [1.807, 2.05) is 0 Å². The summed E-state index contributed by atoms with van der Waals surface area (Å²) in [5.41, 5.74) is 1.27. The molecule has 1 N–H and O–H groups in total. The number of ether oxygens (including phenoxy) is 1. The zero-order valence-electron chi connectivity index (χ0n) is 12.1. The first-order valence-corrected chi connectivity index (χ1v) is 7.25. The molecule has 0 bridgehead atoms. The molecule has 104 valence electrons. The zero-order chi connectivity index (χ0) is 13.4. The number of rotatable bonds is 7. The van der Waals surface area contributed by atoms with E-state index in [0.29, 0.717) is 5.92 Å². The Balaban J connectivity index is 2.49. The molecule has 18 heavy (non-hydrogen) atoms. The second-order valence-corrected chi connectivity index (χ2v) is 5.46. The summed E-state index contributed by atoms with van der Waals surface area (Å²) in [5.74, 6) is 0.322. The van der Waals surface area contributed by atoms with Crippen molar-refractivity contribution < 1.29 is 9.84 Å². The van der Waals surface area contributed by atoms with E-state index in [9.17, 15) is 0 Å².